The van der Waals surface area contributed by atoms with Crippen LogP contribution in [0.5, 0.6) is 0 Å². The Kier molecular flexibility index (Phi) is 271. The van der Waals surface area contributed by atoms with Gasteiger partial charge in [-0.1, -0.05) is 0 Å². The molecule has 0 bridgehead atoms. The van der Waals surface area contributed by atoms with Crippen LogP contribution in [0.25, 0.3) is 0 Å². The fourth-order valence-corrected chi connectivity index (χ4v) is 0. The molecule has 4 heteroatoms. The van der Waals surface area contributed by atoms with E-state index in [0.717, 1.165) is 0 Å². The van der Waals surface area contributed by atoms with Crippen molar-refractivity contribution < 1.29 is 40.0 Å². The molecule has 0 aliphatic heterocycles. The zero-order valence-corrected chi connectivity index (χ0v) is 17.5. The maximum atomic E-state index is 4.58. The van der Waals surface area contributed by atoms with Crippen molar-refractivity contribution in [3.63, 3.8) is 0 Å². The Morgan fingerprint density at radius 3 is 0.438 bits per heavy atom. The standard InChI is InChI=1S/4C3H7.2Au.2ClH/c4*1-3-2;;;;/h4*3H,1-2H3;;;2*1H/q4*-1;2*+1;;/p-2. The molecule has 0 aliphatic carbocycles. The van der Waals surface area contributed by atoms with E-state index in [1.807, 2.05) is 81.1 Å². The Balaban J connectivity index is -0.0000000190. The Morgan fingerprint density at radius 1 is 0.438 bits per heavy atom. The molecule has 0 spiro atoms. The van der Waals surface area contributed by atoms with Gasteiger partial charge in [-0.3, -0.25) is 0 Å². The van der Waals surface area contributed by atoms with Gasteiger partial charge in [-0.2, -0.15) is 55.4 Å². The van der Waals surface area contributed by atoms with Gasteiger partial charge in [0.2, 0.25) is 0 Å². The van der Waals surface area contributed by atoms with Crippen molar-refractivity contribution >= 4 is 18.4 Å². The third kappa shape index (κ3) is 858. The van der Waals surface area contributed by atoms with Crippen LogP contribution in [0.2, 0.25) is 0 Å². The van der Waals surface area contributed by atoms with Crippen LogP contribution >= 0.6 is 18.4 Å². The average molecular weight is 637 g/mol. The van der Waals surface area contributed by atoms with Crippen molar-refractivity contribution in [2.45, 2.75) is 55.4 Å². The second-order valence-electron chi connectivity index (χ2n) is 2.31. The third-order valence-corrected chi connectivity index (χ3v) is 0. The summed E-state index contributed by atoms with van der Waals surface area (Å²) in [5.41, 5.74) is 0. The molecule has 0 aromatic carbocycles. The molecular formula is C12H28Au2Cl2-4. The SMILES string of the molecule is C[CH-]C.C[CH-]C.C[CH-]C.C[CH-]C.[Cl][Au].[Cl][Au]. The Labute approximate surface area is 138 Å². The van der Waals surface area contributed by atoms with Crippen LogP contribution in [0.15, 0.2) is 0 Å². The zero-order valence-electron chi connectivity index (χ0n) is 11.7. The molecule has 0 saturated carbocycles. The molecule has 0 radical (unpaired) electrons. The van der Waals surface area contributed by atoms with Gasteiger partial charge in [0.1, 0.15) is 0 Å². The van der Waals surface area contributed by atoms with E-state index in [1.54, 1.807) is 40.0 Å². The number of hydrogen-bond acceptors (Lipinski definition) is 0. The van der Waals surface area contributed by atoms with Gasteiger partial charge >= 0.3 is 58.4 Å². The molecule has 0 aromatic heterocycles. The number of halogens is 2. The molecule has 0 atom stereocenters. The average Bonchev–Trinajstić information content (AvgIpc) is 2.27. The molecule has 116 valence electrons. The first-order chi connectivity index (χ1) is 7.66. The minimum atomic E-state index is 1.75. The van der Waals surface area contributed by atoms with Crippen LogP contribution in [0, 0.1) is 25.7 Å². The summed E-state index contributed by atoms with van der Waals surface area (Å²) < 4.78 is 0. The van der Waals surface area contributed by atoms with Crippen LogP contribution in [0.4, 0.5) is 0 Å². The molecule has 0 N–H and O–H groups in total. The van der Waals surface area contributed by atoms with Crippen LogP contribution < -0.4 is 0 Å². The fourth-order valence-electron chi connectivity index (χ4n) is 0. The molecule has 0 heterocycles. The van der Waals surface area contributed by atoms with Crippen LogP contribution in [-0.2, 0) is 40.0 Å². The van der Waals surface area contributed by atoms with Crippen LogP contribution in [0.1, 0.15) is 55.4 Å². The van der Waals surface area contributed by atoms with E-state index in [0.29, 0.717) is 0 Å². The Bertz CT molecular complexity index is 25.0. The van der Waals surface area contributed by atoms with E-state index in [9.17, 15) is 0 Å². The maximum absolute atomic E-state index is 4.58. The van der Waals surface area contributed by atoms with Crippen molar-refractivity contribution in [1.29, 1.82) is 0 Å². The monoisotopic (exact) mass is 636 g/mol. The summed E-state index contributed by atoms with van der Waals surface area (Å²) in [5, 5.41) is 0. The first-order valence-electron chi connectivity index (χ1n) is 4.85. The van der Waals surface area contributed by atoms with Gasteiger partial charge in [0, 0.05) is 0 Å². The summed E-state index contributed by atoms with van der Waals surface area (Å²) in [6, 6.07) is 0. The van der Waals surface area contributed by atoms with E-state index in [4.69, 9.17) is 0 Å². The van der Waals surface area contributed by atoms with Gasteiger partial charge in [0.15, 0.2) is 0 Å². The van der Waals surface area contributed by atoms with Gasteiger partial charge in [-0.05, 0) is 0 Å². The topological polar surface area (TPSA) is 0 Å². The molecular weight excluding hydrogens is 609 g/mol. The molecule has 0 saturated heterocycles. The summed E-state index contributed by atoms with van der Waals surface area (Å²) in [6.45, 7) is 16.0. The molecule has 0 unspecified atom stereocenters. The second kappa shape index (κ2) is 120. The molecule has 16 heavy (non-hydrogen) atoms. The van der Waals surface area contributed by atoms with Gasteiger partial charge < -0.3 is 25.7 Å². The molecule has 0 fully saturated rings. The van der Waals surface area contributed by atoms with Crippen molar-refractivity contribution in [3.05, 3.63) is 25.7 Å². The zero-order chi connectivity index (χ0) is 14.8. The van der Waals surface area contributed by atoms with Gasteiger partial charge in [0.05, 0.1) is 0 Å². The fraction of sp³-hybridized carbons (Fsp3) is 0.667. The Morgan fingerprint density at radius 2 is 0.438 bits per heavy atom. The predicted octanol–water partition coefficient (Wildman–Crippen LogP) is 6.30. The summed E-state index contributed by atoms with van der Waals surface area (Å²) in [5.74, 6) is 0. The minimum absolute atomic E-state index is 1.75. The summed E-state index contributed by atoms with van der Waals surface area (Å²) in [6.07, 6.45) is 8.00. The van der Waals surface area contributed by atoms with Gasteiger partial charge in [-0.25, -0.2) is 0 Å². The van der Waals surface area contributed by atoms with E-state index in [-0.39, 0.29) is 0 Å². The predicted molar refractivity (Wildman–Crippen MR) is 74.3 cm³/mol. The normalized spacial score (nSPS) is 5.38. The van der Waals surface area contributed by atoms with Crippen LogP contribution in [-0.4, -0.2) is 0 Å². The first kappa shape index (κ1) is 36.1. The van der Waals surface area contributed by atoms with E-state index >= 15 is 0 Å². The van der Waals surface area contributed by atoms with Crippen molar-refractivity contribution in [2.75, 3.05) is 0 Å². The van der Waals surface area contributed by atoms with Gasteiger partial charge in [0.25, 0.3) is 0 Å². The molecule has 0 aromatic rings. The van der Waals surface area contributed by atoms with Crippen LogP contribution in [0.3, 0.4) is 0 Å². The summed E-state index contributed by atoms with van der Waals surface area (Å²) >= 11 is 3.50. The van der Waals surface area contributed by atoms with E-state index in [2.05, 4.69) is 18.4 Å². The molecule has 0 nitrogen and oxygen atoms in total. The molecule has 0 aliphatic rings. The quantitative estimate of drug-likeness (QED) is 0.216. The van der Waals surface area contributed by atoms with Crippen molar-refractivity contribution in [1.82, 2.24) is 0 Å². The van der Waals surface area contributed by atoms with Crippen molar-refractivity contribution in [2.24, 2.45) is 0 Å². The van der Waals surface area contributed by atoms with E-state index in [1.165, 1.54) is 0 Å². The Hall–Kier alpha value is 2.06. The molecule has 0 rings (SSSR count). The van der Waals surface area contributed by atoms with Crippen molar-refractivity contribution in [3.8, 4) is 0 Å². The second-order valence-corrected chi connectivity index (χ2v) is 2.31. The summed E-state index contributed by atoms with van der Waals surface area (Å²) in [7, 11) is 9.17. The first-order valence-corrected chi connectivity index (χ1v) is 10.2. The number of rotatable bonds is 0. The number of hydrogen-bond donors (Lipinski definition) is 0. The third-order valence-electron chi connectivity index (χ3n) is 0. The van der Waals surface area contributed by atoms with E-state index < -0.39 is 0 Å². The summed E-state index contributed by atoms with van der Waals surface area (Å²) in [4.78, 5) is 0. The molecule has 0 amide bonds. The van der Waals surface area contributed by atoms with Gasteiger partial charge in [-0.15, -0.1) is 0 Å².